The van der Waals surface area contributed by atoms with E-state index in [1.165, 1.54) is 6.07 Å². The minimum Gasteiger partial charge on any atom is -0.493 e. The first-order valence-electron chi connectivity index (χ1n) is 6.53. The Hall–Kier alpha value is -2.01. The molecule has 21 heavy (non-hydrogen) atoms. The summed E-state index contributed by atoms with van der Waals surface area (Å²) in [6, 6.07) is 12.8. The highest BCUT2D eigenvalue weighted by Gasteiger charge is 2.25. The molecule has 0 amide bonds. The molecule has 1 atom stereocenters. The highest BCUT2D eigenvalue weighted by atomic mass is 79.9. The van der Waals surface area contributed by atoms with Crippen LogP contribution in [0.4, 0.5) is 0 Å². The van der Waals surface area contributed by atoms with E-state index in [2.05, 4.69) is 15.9 Å². The third-order valence-corrected chi connectivity index (χ3v) is 4.05. The summed E-state index contributed by atoms with van der Waals surface area (Å²) in [5.74, 6) is 0.329. The number of ether oxygens (including phenoxy) is 2. The van der Waals surface area contributed by atoms with Gasteiger partial charge in [0.05, 0.1) is 23.6 Å². The largest absolute Gasteiger partial charge is 0.493 e. The highest BCUT2D eigenvalue weighted by Crippen LogP contribution is 2.35. The van der Waals surface area contributed by atoms with Gasteiger partial charge in [-0.3, -0.25) is 0 Å². The fraction of sp³-hybridized carbons (Fsp3) is 0.188. The van der Waals surface area contributed by atoms with Gasteiger partial charge >= 0.3 is 5.97 Å². The van der Waals surface area contributed by atoms with Gasteiger partial charge in [-0.05, 0) is 34.1 Å². The molecule has 2 aromatic carbocycles. The van der Waals surface area contributed by atoms with Crippen molar-refractivity contribution >= 4 is 21.9 Å². The summed E-state index contributed by atoms with van der Waals surface area (Å²) in [4.78, 5) is 11.2. The Bertz CT molecular complexity index is 684. The predicted molar refractivity (Wildman–Crippen MR) is 81.3 cm³/mol. The van der Waals surface area contributed by atoms with E-state index in [4.69, 9.17) is 9.47 Å². The molecule has 2 aromatic rings. The molecule has 1 aliphatic heterocycles. The molecule has 4 nitrogen and oxygen atoms in total. The first-order valence-corrected chi connectivity index (χ1v) is 7.32. The molecule has 0 spiro atoms. The van der Waals surface area contributed by atoms with E-state index < -0.39 is 5.97 Å². The van der Waals surface area contributed by atoms with E-state index in [9.17, 15) is 9.90 Å². The lowest BCUT2D eigenvalue weighted by Crippen LogP contribution is -2.13. The van der Waals surface area contributed by atoms with Crippen LogP contribution in [0.5, 0.6) is 11.5 Å². The van der Waals surface area contributed by atoms with Gasteiger partial charge in [0, 0.05) is 5.56 Å². The van der Waals surface area contributed by atoms with Crippen LogP contribution in [0.15, 0.2) is 46.9 Å². The Kier molecular flexibility index (Phi) is 3.84. The fourth-order valence-corrected chi connectivity index (χ4v) is 2.86. The summed E-state index contributed by atoms with van der Waals surface area (Å²) in [5.41, 5.74) is 1.25. The second-order valence-electron chi connectivity index (χ2n) is 4.78. The SMILES string of the molecule is O=C(O)c1cccc(Br)c1OCC1COc2ccccc21. The van der Waals surface area contributed by atoms with E-state index >= 15 is 0 Å². The van der Waals surface area contributed by atoms with Crippen molar-refractivity contribution in [1.29, 1.82) is 0 Å². The molecule has 0 radical (unpaired) electrons. The van der Waals surface area contributed by atoms with Crippen LogP contribution in [-0.2, 0) is 0 Å². The van der Waals surface area contributed by atoms with Crippen LogP contribution in [0.25, 0.3) is 0 Å². The molecule has 0 fully saturated rings. The van der Waals surface area contributed by atoms with Gasteiger partial charge in [-0.15, -0.1) is 0 Å². The van der Waals surface area contributed by atoms with Gasteiger partial charge in [-0.2, -0.15) is 0 Å². The lowest BCUT2D eigenvalue weighted by molar-refractivity contribution is 0.0691. The standard InChI is InChI=1S/C16H13BrO4/c17-13-6-3-5-12(16(18)19)15(13)21-9-10-8-20-14-7-2-1-4-11(10)14/h1-7,10H,8-9H2,(H,18,19). The average Bonchev–Trinajstić information content (AvgIpc) is 2.89. The van der Waals surface area contributed by atoms with Gasteiger partial charge in [0.2, 0.25) is 0 Å². The summed E-state index contributed by atoms with van der Waals surface area (Å²) in [7, 11) is 0. The number of rotatable bonds is 4. The number of fused-ring (bicyclic) bond motifs is 1. The molecule has 0 aliphatic carbocycles. The van der Waals surface area contributed by atoms with Gasteiger partial charge in [0.15, 0.2) is 0 Å². The Morgan fingerprint density at radius 2 is 2.10 bits per heavy atom. The molecular weight excluding hydrogens is 336 g/mol. The van der Waals surface area contributed by atoms with Crippen molar-refractivity contribution in [3.05, 3.63) is 58.1 Å². The Morgan fingerprint density at radius 3 is 2.90 bits per heavy atom. The number of para-hydroxylation sites is 2. The van der Waals surface area contributed by atoms with Gasteiger partial charge in [-0.25, -0.2) is 4.79 Å². The summed E-state index contributed by atoms with van der Waals surface area (Å²) in [6.45, 7) is 0.923. The summed E-state index contributed by atoms with van der Waals surface area (Å²) >= 11 is 3.34. The monoisotopic (exact) mass is 348 g/mol. The Morgan fingerprint density at radius 1 is 1.29 bits per heavy atom. The number of hydrogen-bond acceptors (Lipinski definition) is 3. The number of carbonyl (C=O) groups is 1. The molecule has 3 rings (SSSR count). The lowest BCUT2D eigenvalue weighted by Gasteiger charge is -2.14. The van der Waals surface area contributed by atoms with Crippen LogP contribution in [-0.4, -0.2) is 24.3 Å². The number of carboxylic acid groups (broad SMARTS) is 1. The van der Waals surface area contributed by atoms with Crippen molar-refractivity contribution in [2.45, 2.75) is 5.92 Å². The number of aromatic carboxylic acids is 1. The van der Waals surface area contributed by atoms with Crippen molar-refractivity contribution < 1.29 is 19.4 Å². The first-order chi connectivity index (χ1) is 10.2. The van der Waals surface area contributed by atoms with Crippen molar-refractivity contribution in [3.63, 3.8) is 0 Å². The average molecular weight is 349 g/mol. The van der Waals surface area contributed by atoms with Crippen LogP contribution in [0.3, 0.4) is 0 Å². The highest BCUT2D eigenvalue weighted by molar-refractivity contribution is 9.10. The summed E-state index contributed by atoms with van der Waals surface area (Å²) < 4.78 is 12.0. The number of carboxylic acids is 1. The van der Waals surface area contributed by atoms with Gasteiger partial charge in [0.1, 0.15) is 17.1 Å². The van der Waals surface area contributed by atoms with Crippen molar-refractivity contribution in [1.82, 2.24) is 0 Å². The van der Waals surface area contributed by atoms with E-state index in [1.807, 2.05) is 24.3 Å². The second-order valence-corrected chi connectivity index (χ2v) is 5.63. The molecular formula is C16H13BrO4. The molecule has 1 heterocycles. The second kappa shape index (κ2) is 5.77. The molecule has 1 aliphatic rings. The van der Waals surface area contributed by atoms with Crippen molar-refractivity contribution in [3.8, 4) is 11.5 Å². The number of benzene rings is 2. The van der Waals surface area contributed by atoms with Gasteiger partial charge < -0.3 is 14.6 Å². The molecule has 1 unspecified atom stereocenters. The maximum atomic E-state index is 11.2. The van der Waals surface area contributed by atoms with Crippen LogP contribution in [0.1, 0.15) is 21.8 Å². The fourth-order valence-electron chi connectivity index (χ4n) is 2.38. The van der Waals surface area contributed by atoms with Crippen LogP contribution in [0.2, 0.25) is 0 Å². The van der Waals surface area contributed by atoms with Gasteiger partial charge in [0.25, 0.3) is 0 Å². The minimum absolute atomic E-state index is 0.106. The van der Waals surface area contributed by atoms with Crippen LogP contribution in [0, 0.1) is 0 Å². The van der Waals surface area contributed by atoms with Crippen LogP contribution < -0.4 is 9.47 Å². The molecule has 0 aromatic heterocycles. The Balaban J connectivity index is 1.79. The third kappa shape index (κ3) is 2.74. The normalized spacial score (nSPS) is 16.1. The molecule has 0 saturated carbocycles. The first kappa shape index (κ1) is 13.9. The van der Waals surface area contributed by atoms with E-state index in [0.29, 0.717) is 23.4 Å². The zero-order valence-corrected chi connectivity index (χ0v) is 12.7. The van der Waals surface area contributed by atoms with Crippen molar-refractivity contribution in [2.75, 3.05) is 13.2 Å². The molecule has 0 bridgehead atoms. The minimum atomic E-state index is -1.01. The molecule has 5 heteroatoms. The van der Waals surface area contributed by atoms with E-state index in [-0.39, 0.29) is 11.5 Å². The van der Waals surface area contributed by atoms with Crippen molar-refractivity contribution in [2.24, 2.45) is 0 Å². The Labute approximate surface area is 130 Å². The summed E-state index contributed by atoms with van der Waals surface area (Å²) in [6.07, 6.45) is 0. The molecule has 0 saturated heterocycles. The van der Waals surface area contributed by atoms with E-state index in [1.54, 1.807) is 12.1 Å². The third-order valence-electron chi connectivity index (χ3n) is 3.43. The zero-order valence-electron chi connectivity index (χ0n) is 11.1. The smallest absolute Gasteiger partial charge is 0.339 e. The number of halogens is 1. The quantitative estimate of drug-likeness (QED) is 0.915. The maximum Gasteiger partial charge on any atom is 0.339 e. The van der Waals surface area contributed by atoms with E-state index in [0.717, 1.165) is 11.3 Å². The topological polar surface area (TPSA) is 55.8 Å². The maximum absolute atomic E-state index is 11.2. The lowest BCUT2D eigenvalue weighted by atomic mass is 10.0. The summed E-state index contributed by atoms with van der Waals surface area (Å²) in [5, 5.41) is 9.21. The molecule has 108 valence electrons. The number of hydrogen-bond donors (Lipinski definition) is 1. The zero-order chi connectivity index (χ0) is 14.8. The predicted octanol–water partition coefficient (Wildman–Crippen LogP) is 3.70. The van der Waals surface area contributed by atoms with Crippen LogP contribution >= 0.6 is 15.9 Å². The van der Waals surface area contributed by atoms with Gasteiger partial charge in [-0.1, -0.05) is 24.3 Å². The molecule has 1 N–H and O–H groups in total.